The molecule has 0 spiro atoms. The van der Waals surface area contributed by atoms with Crippen molar-refractivity contribution in [1.82, 2.24) is 15.0 Å². The minimum absolute atomic E-state index is 0.137. The molecule has 0 fully saturated rings. The van der Waals surface area contributed by atoms with Gasteiger partial charge in [-0.3, -0.25) is 4.68 Å². The molecule has 2 N–H and O–H groups in total. The van der Waals surface area contributed by atoms with Gasteiger partial charge in [-0.25, -0.2) is 4.39 Å². The van der Waals surface area contributed by atoms with E-state index >= 15 is 0 Å². The maximum Gasteiger partial charge on any atom is 0.146 e. The normalized spacial score (nSPS) is 10.4. The minimum Gasteiger partial charge on any atom is -0.396 e. The molecule has 5 heteroatoms. The number of aromatic nitrogens is 3. The highest BCUT2D eigenvalue weighted by molar-refractivity contribution is 5.61. The van der Waals surface area contributed by atoms with Gasteiger partial charge in [0.25, 0.3) is 0 Å². The SMILES string of the molecule is Cn1cc(-c2ccc(N)c(F)c2)nn1. The van der Waals surface area contributed by atoms with Crippen molar-refractivity contribution in [2.75, 3.05) is 5.73 Å². The van der Waals surface area contributed by atoms with Crippen LogP contribution in [0.15, 0.2) is 24.4 Å². The van der Waals surface area contributed by atoms with Gasteiger partial charge in [0.2, 0.25) is 0 Å². The summed E-state index contributed by atoms with van der Waals surface area (Å²) in [5, 5.41) is 7.62. The van der Waals surface area contributed by atoms with Crippen LogP contribution in [0, 0.1) is 5.82 Å². The first-order chi connectivity index (χ1) is 6.66. The number of hydrogen-bond donors (Lipinski definition) is 1. The van der Waals surface area contributed by atoms with E-state index in [4.69, 9.17) is 5.73 Å². The third-order valence-corrected chi connectivity index (χ3v) is 1.90. The molecule has 0 aliphatic rings. The van der Waals surface area contributed by atoms with E-state index in [1.54, 1.807) is 24.0 Å². The lowest BCUT2D eigenvalue weighted by Gasteiger charge is -1.98. The van der Waals surface area contributed by atoms with E-state index in [2.05, 4.69) is 10.3 Å². The molecule has 0 saturated heterocycles. The van der Waals surface area contributed by atoms with Crippen molar-refractivity contribution in [3.63, 3.8) is 0 Å². The molecule has 1 heterocycles. The van der Waals surface area contributed by atoms with E-state index in [0.717, 1.165) is 0 Å². The van der Waals surface area contributed by atoms with E-state index in [0.29, 0.717) is 11.3 Å². The van der Waals surface area contributed by atoms with Gasteiger partial charge in [0, 0.05) is 12.6 Å². The van der Waals surface area contributed by atoms with Gasteiger partial charge < -0.3 is 5.73 Å². The quantitative estimate of drug-likeness (QED) is 0.691. The lowest BCUT2D eigenvalue weighted by Crippen LogP contribution is -1.90. The summed E-state index contributed by atoms with van der Waals surface area (Å²) in [6, 6.07) is 4.57. The summed E-state index contributed by atoms with van der Waals surface area (Å²) < 4.78 is 14.7. The van der Waals surface area contributed by atoms with Crippen LogP contribution in [-0.4, -0.2) is 15.0 Å². The Morgan fingerprint density at radius 3 is 2.79 bits per heavy atom. The third-order valence-electron chi connectivity index (χ3n) is 1.90. The van der Waals surface area contributed by atoms with Crippen LogP contribution < -0.4 is 5.73 Å². The molecule has 0 bridgehead atoms. The Labute approximate surface area is 80.2 Å². The maximum atomic E-state index is 13.1. The van der Waals surface area contributed by atoms with Crippen LogP contribution in [0.2, 0.25) is 0 Å². The van der Waals surface area contributed by atoms with Gasteiger partial charge in [-0.1, -0.05) is 11.3 Å². The lowest BCUT2D eigenvalue weighted by molar-refractivity contribution is 0.633. The first-order valence-corrected chi connectivity index (χ1v) is 4.08. The van der Waals surface area contributed by atoms with Crippen molar-refractivity contribution in [3.8, 4) is 11.3 Å². The number of benzene rings is 1. The molecule has 0 aliphatic heterocycles. The first kappa shape index (κ1) is 8.68. The van der Waals surface area contributed by atoms with E-state index in [-0.39, 0.29) is 5.69 Å². The largest absolute Gasteiger partial charge is 0.396 e. The van der Waals surface area contributed by atoms with Crippen molar-refractivity contribution in [3.05, 3.63) is 30.2 Å². The van der Waals surface area contributed by atoms with Gasteiger partial charge in [0.1, 0.15) is 11.5 Å². The number of rotatable bonds is 1. The zero-order valence-corrected chi connectivity index (χ0v) is 7.61. The number of nitrogens with zero attached hydrogens (tertiary/aromatic N) is 3. The Morgan fingerprint density at radius 2 is 2.21 bits per heavy atom. The molecule has 0 aliphatic carbocycles. The van der Waals surface area contributed by atoms with Crippen LogP contribution in [0.4, 0.5) is 10.1 Å². The molecule has 1 aromatic carbocycles. The van der Waals surface area contributed by atoms with Gasteiger partial charge in [0.15, 0.2) is 0 Å². The summed E-state index contributed by atoms with van der Waals surface area (Å²) in [4.78, 5) is 0. The Morgan fingerprint density at radius 1 is 1.43 bits per heavy atom. The van der Waals surface area contributed by atoms with Gasteiger partial charge in [0.05, 0.1) is 11.9 Å². The Hall–Kier alpha value is -1.91. The van der Waals surface area contributed by atoms with Crippen LogP contribution in [0.1, 0.15) is 0 Å². The summed E-state index contributed by atoms with van der Waals surface area (Å²) >= 11 is 0. The van der Waals surface area contributed by atoms with Crippen LogP contribution in [0.3, 0.4) is 0 Å². The monoisotopic (exact) mass is 192 g/mol. The Kier molecular flexibility index (Phi) is 1.92. The highest BCUT2D eigenvalue weighted by atomic mass is 19.1. The fourth-order valence-electron chi connectivity index (χ4n) is 1.17. The highest BCUT2D eigenvalue weighted by Crippen LogP contribution is 2.20. The summed E-state index contributed by atoms with van der Waals surface area (Å²) in [7, 11) is 1.75. The van der Waals surface area contributed by atoms with E-state index in [1.165, 1.54) is 12.1 Å². The highest BCUT2D eigenvalue weighted by Gasteiger charge is 2.05. The number of nitrogen functional groups attached to an aromatic ring is 1. The van der Waals surface area contributed by atoms with Crippen molar-refractivity contribution in [2.45, 2.75) is 0 Å². The molecular weight excluding hydrogens is 183 g/mol. The van der Waals surface area contributed by atoms with Gasteiger partial charge in [-0.15, -0.1) is 5.10 Å². The zero-order chi connectivity index (χ0) is 10.1. The minimum atomic E-state index is -0.437. The smallest absolute Gasteiger partial charge is 0.146 e. The topological polar surface area (TPSA) is 56.7 Å². The molecule has 2 rings (SSSR count). The molecule has 0 saturated carbocycles. The molecule has 14 heavy (non-hydrogen) atoms. The second kappa shape index (κ2) is 3.10. The maximum absolute atomic E-state index is 13.1. The number of anilines is 1. The average molecular weight is 192 g/mol. The number of halogens is 1. The van der Waals surface area contributed by atoms with E-state index < -0.39 is 5.82 Å². The fourth-order valence-corrected chi connectivity index (χ4v) is 1.17. The molecule has 0 amide bonds. The molecule has 2 aromatic rings. The van der Waals surface area contributed by atoms with Crippen molar-refractivity contribution >= 4 is 5.69 Å². The molecule has 0 radical (unpaired) electrons. The second-order valence-electron chi connectivity index (χ2n) is 3.01. The van der Waals surface area contributed by atoms with Gasteiger partial charge in [-0.2, -0.15) is 0 Å². The Bertz CT molecular complexity index is 464. The van der Waals surface area contributed by atoms with Crippen molar-refractivity contribution < 1.29 is 4.39 Å². The second-order valence-corrected chi connectivity index (χ2v) is 3.01. The summed E-state index contributed by atoms with van der Waals surface area (Å²) in [6.07, 6.45) is 1.71. The van der Waals surface area contributed by atoms with Crippen LogP contribution in [0.25, 0.3) is 11.3 Å². The van der Waals surface area contributed by atoms with Gasteiger partial charge in [-0.05, 0) is 12.1 Å². The zero-order valence-electron chi connectivity index (χ0n) is 7.61. The van der Waals surface area contributed by atoms with Crippen LogP contribution in [-0.2, 0) is 7.05 Å². The van der Waals surface area contributed by atoms with E-state index in [1.807, 2.05) is 0 Å². The molecule has 0 atom stereocenters. The predicted molar refractivity (Wildman–Crippen MR) is 50.8 cm³/mol. The van der Waals surface area contributed by atoms with E-state index in [9.17, 15) is 4.39 Å². The number of nitrogens with two attached hydrogens (primary N) is 1. The van der Waals surface area contributed by atoms with Crippen LogP contribution in [0.5, 0.6) is 0 Å². The molecule has 4 nitrogen and oxygen atoms in total. The first-order valence-electron chi connectivity index (χ1n) is 4.08. The molecular formula is C9H9FN4. The number of aryl methyl sites for hydroxylation is 1. The molecule has 1 aromatic heterocycles. The van der Waals surface area contributed by atoms with Crippen molar-refractivity contribution in [1.29, 1.82) is 0 Å². The lowest BCUT2D eigenvalue weighted by atomic mass is 10.1. The summed E-state index contributed by atoms with van der Waals surface area (Å²) in [6.45, 7) is 0. The van der Waals surface area contributed by atoms with Gasteiger partial charge >= 0.3 is 0 Å². The standard InChI is InChI=1S/C9H9FN4/c1-14-5-9(12-13-14)6-2-3-8(11)7(10)4-6/h2-5H,11H2,1H3. The molecule has 72 valence electrons. The van der Waals surface area contributed by atoms with Crippen LogP contribution >= 0.6 is 0 Å². The fraction of sp³-hybridized carbons (Fsp3) is 0.111. The summed E-state index contributed by atoms with van der Waals surface area (Å²) in [5.41, 5.74) is 6.79. The predicted octanol–water partition coefficient (Wildman–Crippen LogP) is 1.20. The number of hydrogen-bond acceptors (Lipinski definition) is 3. The average Bonchev–Trinajstić information content (AvgIpc) is 2.57. The summed E-state index contributed by atoms with van der Waals surface area (Å²) in [5.74, 6) is -0.437. The van der Waals surface area contributed by atoms with Crippen molar-refractivity contribution in [2.24, 2.45) is 7.05 Å². The Balaban J connectivity index is 2.47. The third kappa shape index (κ3) is 1.44. The molecule has 0 unspecified atom stereocenters.